The number of esters is 1. The van der Waals surface area contributed by atoms with Gasteiger partial charge in [0.15, 0.2) is 11.5 Å². The zero-order valence-electron chi connectivity index (χ0n) is 21.6. The molecule has 0 radical (unpaired) electrons. The molecule has 2 unspecified atom stereocenters. The van der Waals surface area contributed by atoms with Crippen LogP contribution in [0.15, 0.2) is 35.7 Å². The monoisotopic (exact) mass is 567 g/mol. The van der Waals surface area contributed by atoms with Gasteiger partial charge in [-0.05, 0) is 45.9 Å². The van der Waals surface area contributed by atoms with E-state index in [9.17, 15) is 14.4 Å². The topological polar surface area (TPSA) is 126 Å². The molecule has 3 rings (SSSR count). The minimum Gasteiger partial charge on any atom is -0.493 e. The van der Waals surface area contributed by atoms with Crippen LogP contribution in [0.1, 0.15) is 38.1 Å². The maximum atomic E-state index is 13.7. The molecule has 0 fully saturated rings. The quantitative estimate of drug-likeness (QED) is 0.428. The van der Waals surface area contributed by atoms with Crippen LogP contribution in [-0.4, -0.2) is 61.2 Å². The number of methoxy groups -OCH3 is 2. The van der Waals surface area contributed by atoms with Crippen LogP contribution in [0.3, 0.4) is 0 Å². The number of hydrogen-bond acceptors (Lipinski definition) is 10. The first-order valence-electron chi connectivity index (χ1n) is 11.3. The molecule has 0 aliphatic carbocycles. The Balaban J connectivity index is 1.97. The maximum Gasteiger partial charge on any atom is 0.422 e. The van der Waals surface area contributed by atoms with Crippen molar-refractivity contribution in [3.63, 3.8) is 0 Å². The fourth-order valence-electron chi connectivity index (χ4n) is 3.45. The van der Waals surface area contributed by atoms with Gasteiger partial charge in [0.25, 0.3) is 5.91 Å². The van der Waals surface area contributed by atoms with Crippen molar-refractivity contribution < 1.29 is 38.2 Å². The number of amides is 2. The van der Waals surface area contributed by atoms with Crippen molar-refractivity contribution in [2.75, 3.05) is 25.7 Å². The molecule has 0 bridgehead atoms. The van der Waals surface area contributed by atoms with Gasteiger partial charge in [0, 0.05) is 18.0 Å². The highest BCUT2D eigenvalue weighted by molar-refractivity contribution is 6.41. The van der Waals surface area contributed by atoms with Crippen LogP contribution in [-0.2, 0) is 19.1 Å². The lowest BCUT2D eigenvalue weighted by atomic mass is 9.91. The van der Waals surface area contributed by atoms with Gasteiger partial charge in [0.2, 0.25) is 5.60 Å². The highest BCUT2D eigenvalue weighted by Crippen LogP contribution is 2.37. The number of pyridine rings is 1. The average Bonchev–Trinajstić information content (AvgIpc) is 3.24. The van der Waals surface area contributed by atoms with Gasteiger partial charge in [-0.15, -0.1) is 0 Å². The van der Waals surface area contributed by atoms with E-state index in [1.165, 1.54) is 58.0 Å². The second-order valence-electron chi connectivity index (χ2n) is 9.30. The summed E-state index contributed by atoms with van der Waals surface area (Å²) in [5, 5.41) is 3.65. The second kappa shape index (κ2) is 11.4. The van der Waals surface area contributed by atoms with Gasteiger partial charge in [-0.2, -0.15) is 0 Å². The molecule has 2 amide bonds. The number of carbonyl (C=O) groups is 3. The predicted octanol–water partition coefficient (Wildman–Crippen LogP) is 4.92. The lowest BCUT2D eigenvalue weighted by Crippen LogP contribution is -2.45. The summed E-state index contributed by atoms with van der Waals surface area (Å²) in [6.45, 7) is 6.42. The molecule has 0 spiro atoms. The number of oxime groups is 1. The number of ether oxygens (including phenoxy) is 4. The van der Waals surface area contributed by atoms with Crippen molar-refractivity contribution in [1.82, 2.24) is 4.98 Å². The summed E-state index contributed by atoms with van der Waals surface area (Å²) in [5.41, 5.74) is -2.37. The van der Waals surface area contributed by atoms with Crippen molar-refractivity contribution in [3.05, 3.63) is 46.2 Å². The minimum atomic E-state index is -1.39. The van der Waals surface area contributed by atoms with Crippen LogP contribution < -0.4 is 14.4 Å². The molecular weight excluding hydrogens is 541 g/mol. The van der Waals surface area contributed by atoms with Gasteiger partial charge in [-0.25, -0.2) is 14.5 Å². The lowest BCUT2D eigenvalue weighted by Gasteiger charge is -2.27. The Morgan fingerprint density at radius 1 is 1.11 bits per heavy atom. The Morgan fingerprint density at radius 3 is 2.34 bits per heavy atom. The van der Waals surface area contributed by atoms with Crippen LogP contribution in [0, 0.1) is 5.92 Å². The van der Waals surface area contributed by atoms with Crippen LogP contribution in [0.2, 0.25) is 10.0 Å². The summed E-state index contributed by atoms with van der Waals surface area (Å²) in [4.78, 5) is 48.9. The van der Waals surface area contributed by atoms with E-state index >= 15 is 0 Å². The summed E-state index contributed by atoms with van der Waals surface area (Å²) in [5.74, 6) is -1.58. The normalized spacial score (nSPS) is 18.4. The molecule has 2 heterocycles. The van der Waals surface area contributed by atoms with E-state index < -0.39 is 35.1 Å². The van der Waals surface area contributed by atoms with E-state index in [4.69, 9.17) is 47.0 Å². The number of rotatable bonds is 7. The van der Waals surface area contributed by atoms with E-state index in [-0.39, 0.29) is 33.7 Å². The van der Waals surface area contributed by atoms with Gasteiger partial charge in [-0.1, -0.05) is 28.4 Å². The van der Waals surface area contributed by atoms with Crippen LogP contribution >= 0.6 is 23.2 Å². The summed E-state index contributed by atoms with van der Waals surface area (Å²) < 4.78 is 21.5. The summed E-state index contributed by atoms with van der Waals surface area (Å²) in [6, 6.07) is 4.31. The molecule has 204 valence electrons. The maximum absolute atomic E-state index is 13.7. The van der Waals surface area contributed by atoms with Gasteiger partial charge >= 0.3 is 12.1 Å². The number of carbonyl (C=O) groups excluding carboxylic acids is 3. The van der Waals surface area contributed by atoms with Crippen molar-refractivity contribution in [2.24, 2.45) is 11.1 Å². The van der Waals surface area contributed by atoms with E-state index in [1.807, 2.05) is 0 Å². The average molecular weight is 568 g/mol. The SMILES string of the molecule is COC(=O)C1(C)ON=CC1COc1cc(C(=O)N(C(=O)OC(C)(C)C)c2c(Cl)cncc2Cl)ccc1OC. The number of nitrogens with zero attached hydrogens (tertiary/aromatic N) is 3. The standard InChI is InChI=1S/C25H27Cl2N3O8/c1-24(2,3)37-23(33)30(20-16(26)11-28-12-17(20)27)21(31)14-7-8-18(34-5)19(9-14)36-13-15-10-29-38-25(15,4)22(32)35-6/h7-12,15H,13H2,1-6H3. The molecule has 0 N–H and O–H groups in total. The van der Waals surface area contributed by atoms with Crippen molar-refractivity contribution in [1.29, 1.82) is 0 Å². The first-order valence-corrected chi connectivity index (χ1v) is 12.0. The first-order chi connectivity index (χ1) is 17.8. The van der Waals surface area contributed by atoms with Gasteiger partial charge in [-0.3, -0.25) is 9.78 Å². The van der Waals surface area contributed by atoms with Gasteiger partial charge in [0.1, 0.15) is 12.2 Å². The van der Waals surface area contributed by atoms with E-state index in [2.05, 4.69) is 10.1 Å². The second-order valence-corrected chi connectivity index (χ2v) is 10.1. The number of imide groups is 1. The molecule has 2 atom stereocenters. The number of halogens is 2. The molecule has 1 aliphatic rings. The van der Waals surface area contributed by atoms with Gasteiger partial charge in [0.05, 0.1) is 42.1 Å². The molecule has 38 heavy (non-hydrogen) atoms. The Hall–Kier alpha value is -3.57. The molecule has 13 heteroatoms. The molecule has 1 aromatic heterocycles. The largest absolute Gasteiger partial charge is 0.493 e. The highest BCUT2D eigenvalue weighted by Gasteiger charge is 2.49. The number of benzene rings is 1. The first kappa shape index (κ1) is 29.0. The summed E-state index contributed by atoms with van der Waals surface area (Å²) >= 11 is 12.6. The number of hydrogen-bond donors (Lipinski definition) is 0. The zero-order valence-corrected chi connectivity index (χ0v) is 23.1. The highest BCUT2D eigenvalue weighted by atomic mass is 35.5. The van der Waals surface area contributed by atoms with Crippen molar-refractivity contribution in [2.45, 2.75) is 38.9 Å². The van der Waals surface area contributed by atoms with Crippen molar-refractivity contribution >= 4 is 53.1 Å². The van der Waals surface area contributed by atoms with Gasteiger partial charge < -0.3 is 23.8 Å². The summed E-state index contributed by atoms with van der Waals surface area (Å²) in [7, 11) is 2.66. The predicted molar refractivity (Wildman–Crippen MR) is 139 cm³/mol. The third kappa shape index (κ3) is 6.11. The molecule has 0 saturated heterocycles. The third-order valence-corrected chi connectivity index (χ3v) is 5.99. The fraction of sp³-hybridized carbons (Fsp3) is 0.400. The number of aromatic nitrogens is 1. The van der Waals surface area contributed by atoms with E-state index in [0.717, 1.165) is 4.90 Å². The minimum absolute atomic E-state index is 0.0303. The number of anilines is 1. The Labute approximate surface area is 229 Å². The van der Waals surface area contributed by atoms with Crippen molar-refractivity contribution in [3.8, 4) is 11.5 Å². The van der Waals surface area contributed by atoms with E-state index in [1.54, 1.807) is 20.8 Å². The molecule has 2 aromatic rings. The third-order valence-electron chi connectivity index (χ3n) is 5.44. The van der Waals surface area contributed by atoms with Crippen LogP contribution in [0.4, 0.5) is 10.5 Å². The molecule has 1 aliphatic heterocycles. The lowest BCUT2D eigenvalue weighted by molar-refractivity contribution is -0.169. The van der Waals surface area contributed by atoms with E-state index in [0.29, 0.717) is 5.75 Å². The molecule has 11 nitrogen and oxygen atoms in total. The Kier molecular flexibility index (Phi) is 8.73. The fourth-order valence-corrected chi connectivity index (χ4v) is 3.98. The Bertz CT molecular complexity index is 1240. The zero-order chi connectivity index (χ0) is 28.3. The smallest absolute Gasteiger partial charge is 0.422 e. The van der Waals surface area contributed by atoms with Crippen LogP contribution in [0.25, 0.3) is 0 Å². The molecule has 1 aromatic carbocycles. The Morgan fingerprint density at radius 2 is 1.76 bits per heavy atom. The van der Waals surface area contributed by atoms with Crippen LogP contribution in [0.5, 0.6) is 11.5 Å². The molecule has 0 saturated carbocycles. The molecular formula is C25H27Cl2N3O8. The summed E-state index contributed by atoms with van der Waals surface area (Å²) in [6.07, 6.45) is 2.93.